The highest BCUT2D eigenvalue weighted by atomic mass is 79.9. The number of benzene rings is 1. The van der Waals surface area contributed by atoms with E-state index in [1.807, 2.05) is 19.2 Å². The number of nitrogens with one attached hydrogen (secondary N) is 1. The molecule has 0 fully saturated rings. The van der Waals surface area contributed by atoms with Crippen LogP contribution < -0.4 is 11.1 Å². The maximum absolute atomic E-state index is 5.92. The van der Waals surface area contributed by atoms with Crippen molar-refractivity contribution in [2.24, 2.45) is 0 Å². The lowest BCUT2D eigenvalue weighted by Crippen LogP contribution is -2.20. The van der Waals surface area contributed by atoms with Crippen LogP contribution in [0.4, 0.5) is 5.82 Å². The standard InChI is InChI=1S/C15H18BrN3/c1-10-8-12(16)5-6-13(10)14(18-2)9-11-4-3-7-19-15(11)17/h3-8,14,18H,9H2,1-2H3,(H2,17,19). The van der Waals surface area contributed by atoms with E-state index in [9.17, 15) is 0 Å². The second-order valence-electron chi connectivity index (χ2n) is 4.59. The Morgan fingerprint density at radius 1 is 1.37 bits per heavy atom. The van der Waals surface area contributed by atoms with Gasteiger partial charge in [0.15, 0.2) is 0 Å². The van der Waals surface area contributed by atoms with Crippen LogP contribution >= 0.6 is 15.9 Å². The molecule has 0 aliphatic rings. The summed E-state index contributed by atoms with van der Waals surface area (Å²) in [5.74, 6) is 0.609. The average Bonchev–Trinajstić information content (AvgIpc) is 2.39. The second kappa shape index (κ2) is 6.17. The van der Waals surface area contributed by atoms with Gasteiger partial charge in [0.1, 0.15) is 5.82 Å². The van der Waals surface area contributed by atoms with Gasteiger partial charge in [0.2, 0.25) is 0 Å². The molecule has 0 spiro atoms. The van der Waals surface area contributed by atoms with Gasteiger partial charge in [0.05, 0.1) is 0 Å². The SMILES string of the molecule is CNC(Cc1cccnc1N)c1ccc(Br)cc1C. The number of halogens is 1. The summed E-state index contributed by atoms with van der Waals surface area (Å²) in [6.45, 7) is 2.12. The van der Waals surface area contributed by atoms with Crippen molar-refractivity contribution in [1.29, 1.82) is 0 Å². The number of pyridine rings is 1. The van der Waals surface area contributed by atoms with E-state index >= 15 is 0 Å². The lowest BCUT2D eigenvalue weighted by molar-refractivity contribution is 0.589. The first-order chi connectivity index (χ1) is 9.11. The van der Waals surface area contributed by atoms with Gasteiger partial charge >= 0.3 is 0 Å². The van der Waals surface area contributed by atoms with Gasteiger partial charge in [-0.1, -0.05) is 28.1 Å². The van der Waals surface area contributed by atoms with Crippen molar-refractivity contribution in [2.75, 3.05) is 12.8 Å². The molecule has 0 aliphatic carbocycles. The van der Waals surface area contributed by atoms with Crippen molar-refractivity contribution in [3.63, 3.8) is 0 Å². The summed E-state index contributed by atoms with van der Waals surface area (Å²) >= 11 is 3.50. The highest BCUT2D eigenvalue weighted by Gasteiger charge is 2.14. The summed E-state index contributed by atoms with van der Waals surface area (Å²) in [7, 11) is 1.97. The zero-order valence-corrected chi connectivity index (χ0v) is 12.7. The molecule has 0 amide bonds. The Hall–Kier alpha value is -1.39. The molecular formula is C15H18BrN3. The number of anilines is 1. The number of hydrogen-bond acceptors (Lipinski definition) is 3. The molecule has 0 aliphatic heterocycles. The van der Waals surface area contributed by atoms with E-state index in [1.54, 1.807) is 6.20 Å². The van der Waals surface area contributed by atoms with Gasteiger partial charge < -0.3 is 11.1 Å². The summed E-state index contributed by atoms with van der Waals surface area (Å²) in [4.78, 5) is 4.14. The number of nitrogen functional groups attached to an aromatic ring is 1. The maximum atomic E-state index is 5.92. The molecule has 1 heterocycles. The molecule has 1 unspecified atom stereocenters. The van der Waals surface area contributed by atoms with Crippen molar-refractivity contribution >= 4 is 21.7 Å². The highest BCUT2D eigenvalue weighted by molar-refractivity contribution is 9.10. The zero-order chi connectivity index (χ0) is 13.8. The number of nitrogens with two attached hydrogens (primary N) is 1. The Bertz CT molecular complexity index is 569. The van der Waals surface area contributed by atoms with Gasteiger partial charge in [-0.25, -0.2) is 4.98 Å². The molecule has 0 saturated heterocycles. The van der Waals surface area contributed by atoms with Gasteiger partial charge in [-0.3, -0.25) is 0 Å². The van der Waals surface area contributed by atoms with Crippen LogP contribution in [0, 0.1) is 6.92 Å². The van der Waals surface area contributed by atoms with Gasteiger partial charge in [0, 0.05) is 16.7 Å². The average molecular weight is 320 g/mol. The third-order valence-electron chi connectivity index (χ3n) is 3.31. The van der Waals surface area contributed by atoms with E-state index in [4.69, 9.17) is 5.73 Å². The minimum atomic E-state index is 0.236. The Labute approximate surface area is 122 Å². The fourth-order valence-electron chi connectivity index (χ4n) is 2.24. The smallest absolute Gasteiger partial charge is 0.126 e. The Morgan fingerprint density at radius 3 is 2.79 bits per heavy atom. The molecule has 0 saturated carbocycles. The van der Waals surface area contributed by atoms with E-state index in [0.717, 1.165) is 16.5 Å². The molecule has 1 aromatic carbocycles. The molecule has 1 atom stereocenters. The summed E-state index contributed by atoms with van der Waals surface area (Å²) in [5, 5.41) is 3.36. The fraction of sp³-hybridized carbons (Fsp3) is 0.267. The molecule has 0 radical (unpaired) electrons. The zero-order valence-electron chi connectivity index (χ0n) is 11.2. The lowest BCUT2D eigenvalue weighted by atomic mass is 9.96. The van der Waals surface area contributed by atoms with Gasteiger partial charge in [-0.2, -0.15) is 0 Å². The Kier molecular flexibility index (Phi) is 4.56. The number of likely N-dealkylation sites (N-methyl/N-ethyl adjacent to an activating group) is 1. The van der Waals surface area contributed by atoms with Crippen molar-refractivity contribution in [3.05, 3.63) is 57.7 Å². The number of rotatable bonds is 4. The predicted molar refractivity (Wildman–Crippen MR) is 83.0 cm³/mol. The molecule has 0 bridgehead atoms. The van der Waals surface area contributed by atoms with Crippen LogP contribution in [-0.4, -0.2) is 12.0 Å². The van der Waals surface area contributed by atoms with E-state index in [2.05, 4.69) is 51.4 Å². The number of nitrogens with zero attached hydrogens (tertiary/aromatic N) is 1. The number of hydrogen-bond donors (Lipinski definition) is 2. The van der Waals surface area contributed by atoms with Crippen molar-refractivity contribution in [3.8, 4) is 0 Å². The summed E-state index contributed by atoms with van der Waals surface area (Å²) < 4.78 is 1.10. The summed E-state index contributed by atoms with van der Waals surface area (Å²) in [6.07, 6.45) is 2.55. The summed E-state index contributed by atoms with van der Waals surface area (Å²) in [5.41, 5.74) is 9.54. The van der Waals surface area contributed by atoms with Crippen LogP contribution in [0.25, 0.3) is 0 Å². The highest BCUT2D eigenvalue weighted by Crippen LogP contribution is 2.25. The number of aromatic nitrogens is 1. The Morgan fingerprint density at radius 2 is 2.16 bits per heavy atom. The topological polar surface area (TPSA) is 50.9 Å². The third-order valence-corrected chi connectivity index (χ3v) is 3.80. The molecule has 4 heteroatoms. The first kappa shape index (κ1) is 14.0. The molecule has 2 aromatic rings. The Balaban J connectivity index is 2.28. The van der Waals surface area contributed by atoms with Gasteiger partial charge in [0.25, 0.3) is 0 Å². The quantitative estimate of drug-likeness (QED) is 0.909. The first-order valence-electron chi connectivity index (χ1n) is 6.24. The summed E-state index contributed by atoms with van der Waals surface area (Å²) in [6, 6.07) is 10.5. The molecular weight excluding hydrogens is 302 g/mol. The van der Waals surface area contributed by atoms with Gasteiger partial charge in [-0.15, -0.1) is 0 Å². The molecule has 2 rings (SSSR count). The van der Waals surface area contributed by atoms with Crippen LogP contribution in [-0.2, 0) is 6.42 Å². The molecule has 3 N–H and O–H groups in total. The predicted octanol–water partition coefficient (Wildman–Crippen LogP) is 3.24. The minimum absolute atomic E-state index is 0.236. The van der Waals surface area contributed by atoms with E-state index in [-0.39, 0.29) is 6.04 Å². The van der Waals surface area contributed by atoms with Gasteiger partial charge in [-0.05, 0) is 55.3 Å². The van der Waals surface area contributed by atoms with E-state index in [0.29, 0.717) is 5.82 Å². The van der Waals surface area contributed by atoms with Crippen LogP contribution in [0.3, 0.4) is 0 Å². The molecule has 3 nitrogen and oxygen atoms in total. The largest absolute Gasteiger partial charge is 0.383 e. The van der Waals surface area contributed by atoms with Crippen LogP contribution in [0.5, 0.6) is 0 Å². The maximum Gasteiger partial charge on any atom is 0.126 e. The normalized spacial score (nSPS) is 12.4. The van der Waals surface area contributed by atoms with Crippen LogP contribution in [0.1, 0.15) is 22.7 Å². The van der Waals surface area contributed by atoms with E-state index in [1.165, 1.54) is 11.1 Å². The second-order valence-corrected chi connectivity index (χ2v) is 5.51. The minimum Gasteiger partial charge on any atom is -0.383 e. The third kappa shape index (κ3) is 3.33. The molecule has 100 valence electrons. The van der Waals surface area contributed by atoms with Crippen molar-refractivity contribution in [1.82, 2.24) is 10.3 Å². The molecule has 1 aromatic heterocycles. The number of aryl methyl sites for hydroxylation is 1. The van der Waals surface area contributed by atoms with Crippen LogP contribution in [0.15, 0.2) is 41.0 Å². The first-order valence-corrected chi connectivity index (χ1v) is 7.03. The molecule has 19 heavy (non-hydrogen) atoms. The lowest BCUT2D eigenvalue weighted by Gasteiger charge is -2.19. The van der Waals surface area contributed by atoms with E-state index < -0.39 is 0 Å². The fourth-order valence-corrected chi connectivity index (χ4v) is 2.72. The van der Waals surface area contributed by atoms with Crippen molar-refractivity contribution < 1.29 is 0 Å². The van der Waals surface area contributed by atoms with Crippen LogP contribution in [0.2, 0.25) is 0 Å². The monoisotopic (exact) mass is 319 g/mol. The van der Waals surface area contributed by atoms with Crippen molar-refractivity contribution in [2.45, 2.75) is 19.4 Å².